The van der Waals surface area contributed by atoms with E-state index in [-0.39, 0.29) is 5.91 Å². The van der Waals surface area contributed by atoms with E-state index in [1.54, 1.807) is 12.1 Å². The average molecular weight is 583 g/mol. The minimum absolute atomic E-state index is 0.257. The molecule has 2 heterocycles. The Hall–Kier alpha value is -2.77. The van der Waals surface area contributed by atoms with E-state index >= 15 is 0 Å². The van der Waals surface area contributed by atoms with Gasteiger partial charge in [-0.15, -0.1) is 11.3 Å². The minimum Gasteiger partial charge on any atom is -0.298 e. The summed E-state index contributed by atoms with van der Waals surface area (Å²) < 4.78 is 0.869. The third-order valence-electron chi connectivity index (χ3n) is 5.53. The second-order valence-corrected chi connectivity index (χ2v) is 11.1. The third kappa shape index (κ3) is 4.98. The molecule has 2 aromatic heterocycles. The number of halogens is 3. The number of benzene rings is 3. The minimum atomic E-state index is -0.257. The molecule has 4 nitrogen and oxygen atoms in total. The molecule has 0 saturated heterocycles. The van der Waals surface area contributed by atoms with Gasteiger partial charge in [0.25, 0.3) is 5.91 Å². The molecule has 35 heavy (non-hydrogen) atoms. The van der Waals surface area contributed by atoms with Crippen LogP contribution in [0.1, 0.15) is 20.8 Å². The number of aryl methyl sites for hydroxylation is 2. The zero-order valence-electron chi connectivity index (χ0n) is 18.7. The van der Waals surface area contributed by atoms with Crippen LogP contribution < -0.4 is 5.32 Å². The van der Waals surface area contributed by atoms with Crippen LogP contribution in [0, 0.1) is 13.8 Å². The van der Waals surface area contributed by atoms with E-state index < -0.39 is 0 Å². The number of anilines is 1. The van der Waals surface area contributed by atoms with Gasteiger partial charge in [-0.1, -0.05) is 62.9 Å². The maximum Gasteiger partial charge on any atom is 0.258 e. The Morgan fingerprint density at radius 1 is 0.971 bits per heavy atom. The van der Waals surface area contributed by atoms with Gasteiger partial charge in [-0.25, -0.2) is 9.97 Å². The molecule has 174 valence electrons. The topological polar surface area (TPSA) is 54.9 Å². The highest BCUT2D eigenvalue weighted by atomic mass is 79.9. The first-order chi connectivity index (χ1) is 16.8. The van der Waals surface area contributed by atoms with Crippen LogP contribution in [0.4, 0.5) is 5.13 Å². The van der Waals surface area contributed by atoms with E-state index in [4.69, 9.17) is 28.2 Å². The number of amides is 1. The number of nitrogens with zero attached hydrogens (tertiary/aromatic N) is 2. The Balaban J connectivity index is 1.55. The van der Waals surface area contributed by atoms with E-state index in [0.717, 1.165) is 48.3 Å². The summed E-state index contributed by atoms with van der Waals surface area (Å²) in [7, 11) is 0. The van der Waals surface area contributed by atoms with Gasteiger partial charge in [-0.3, -0.25) is 10.1 Å². The quantitative estimate of drug-likeness (QED) is 0.230. The lowest BCUT2D eigenvalue weighted by Crippen LogP contribution is -2.13. The molecule has 0 aliphatic rings. The number of fused-ring (bicyclic) bond motifs is 1. The van der Waals surface area contributed by atoms with Crippen molar-refractivity contribution in [1.82, 2.24) is 9.97 Å². The highest BCUT2D eigenvalue weighted by Crippen LogP contribution is 2.36. The first-order valence-corrected chi connectivity index (χ1v) is 13.1. The van der Waals surface area contributed by atoms with Gasteiger partial charge in [0.1, 0.15) is 0 Å². The number of thiazole rings is 1. The highest BCUT2D eigenvalue weighted by molar-refractivity contribution is 9.10. The normalized spacial score (nSPS) is 11.1. The van der Waals surface area contributed by atoms with Crippen LogP contribution in [0.15, 0.2) is 71.2 Å². The van der Waals surface area contributed by atoms with Gasteiger partial charge in [-0.2, -0.15) is 0 Å². The number of hydrogen-bond donors (Lipinski definition) is 1. The molecule has 8 heteroatoms. The number of hydrogen-bond acceptors (Lipinski definition) is 4. The van der Waals surface area contributed by atoms with Gasteiger partial charge in [0.05, 0.1) is 27.5 Å². The maximum atomic E-state index is 13.5. The van der Waals surface area contributed by atoms with Crippen LogP contribution in [-0.2, 0) is 0 Å². The molecule has 5 rings (SSSR count). The molecule has 0 atom stereocenters. The van der Waals surface area contributed by atoms with Gasteiger partial charge < -0.3 is 0 Å². The molecule has 0 spiro atoms. The summed E-state index contributed by atoms with van der Waals surface area (Å²) in [5.74, 6) is -0.257. The van der Waals surface area contributed by atoms with Crippen molar-refractivity contribution in [2.24, 2.45) is 0 Å². The molecule has 0 aliphatic heterocycles. The van der Waals surface area contributed by atoms with Crippen molar-refractivity contribution in [1.29, 1.82) is 0 Å². The fourth-order valence-corrected chi connectivity index (χ4v) is 5.57. The molecule has 0 radical (unpaired) electrons. The van der Waals surface area contributed by atoms with Crippen LogP contribution >= 0.6 is 50.5 Å². The summed E-state index contributed by atoms with van der Waals surface area (Å²) >= 11 is 17.3. The second-order valence-electron chi connectivity index (χ2n) is 8.09. The molecular weight excluding hydrogens is 565 g/mol. The summed E-state index contributed by atoms with van der Waals surface area (Å²) in [5, 5.41) is 5.29. The fraction of sp³-hybridized carbons (Fsp3) is 0.0741. The van der Waals surface area contributed by atoms with E-state index in [1.165, 1.54) is 11.3 Å². The monoisotopic (exact) mass is 581 g/mol. The van der Waals surface area contributed by atoms with Gasteiger partial charge in [-0.05, 0) is 62.4 Å². The predicted molar refractivity (Wildman–Crippen MR) is 150 cm³/mol. The average Bonchev–Trinajstić information content (AvgIpc) is 3.17. The van der Waals surface area contributed by atoms with Crippen molar-refractivity contribution < 1.29 is 4.79 Å². The van der Waals surface area contributed by atoms with Crippen LogP contribution in [0.5, 0.6) is 0 Å². The van der Waals surface area contributed by atoms with E-state index in [1.807, 2.05) is 62.4 Å². The third-order valence-corrected chi connectivity index (χ3v) is 7.46. The molecule has 5 aromatic rings. The molecule has 0 saturated carbocycles. The number of rotatable bonds is 4. The SMILES string of the molecule is Cc1cccc(-c2cc(C(=O)Nc3nc(-c4ccc(Cl)cc4Cl)c(C)s3)c3cc(Br)ccc3n2)c1. The fourth-order valence-electron chi connectivity index (χ4n) is 3.88. The van der Waals surface area contributed by atoms with Crippen LogP contribution in [0.25, 0.3) is 33.4 Å². The summed E-state index contributed by atoms with van der Waals surface area (Å²) in [5.41, 5.74) is 5.55. The predicted octanol–water partition coefficient (Wildman–Crippen LogP) is 8.96. The first kappa shape index (κ1) is 23.9. The van der Waals surface area contributed by atoms with Gasteiger partial charge in [0.2, 0.25) is 0 Å². The van der Waals surface area contributed by atoms with Crippen molar-refractivity contribution in [2.75, 3.05) is 5.32 Å². The van der Waals surface area contributed by atoms with E-state index in [9.17, 15) is 4.79 Å². The van der Waals surface area contributed by atoms with Crippen molar-refractivity contribution in [3.05, 3.63) is 97.3 Å². The smallest absolute Gasteiger partial charge is 0.258 e. The molecule has 1 amide bonds. The van der Waals surface area contributed by atoms with Gasteiger partial charge in [0.15, 0.2) is 5.13 Å². The van der Waals surface area contributed by atoms with Gasteiger partial charge in [0, 0.05) is 30.9 Å². The Kier molecular flexibility index (Phi) is 6.64. The first-order valence-electron chi connectivity index (χ1n) is 10.7. The van der Waals surface area contributed by atoms with Gasteiger partial charge >= 0.3 is 0 Å². The summed E-state index contributed by atoms with van der Waals surface area (Å²) in [4.78, 5) is 23.9. The van der Waals surface area contributed by atoms with Crippen molar-refractivity contribution in [3.63, 3.8) is 0 Å². The Bertz CT molecular complexity index is 1620. The number of carbonyl (C=O) groups is 1. The number of aromatic nitrogens is 2. The van der Waals surface area contributed by atoms with Crippen LogP contribution in [0.3, 0.4) is 0 Å². The van der Waals surface area contributed by atoms with Crippen LogP contribution in [-0.4, -0.2) is 15.9 Å². The second kappa shape index (κ2) is 9.70. The summed E-state index contributed by atoms with van der Waals surface area (Å²) in [6.45, 7) is 3.98. The lowest BCUT2D eigenvalue weighted by Gasteiger charge is -2.10. The maximum absolute atomic E-state index is 13.5. The molecular formula is C27H18BrCl2N3OS. The summed E-state index contributed by atoms with van der Waals surface area (Å²) in [6.07, 6.45) is 0. The Morgan fingerprint density at radius 2 is 1.80 bits per heavy atom. The Morgan fingerprint density at radius 3 is 2.57 bits per heavy atom. The molecule has 0 bridgehead atoms. The van der Waals surface area contributed by atoms with Crippen LogP contribution in [0.2, 0.25) is 10.0 Å². The van der Waals surface area contributed by atoms with Crippen molar-refractivity contribution in [3.8, 4) is 22.5 Å². The zero-order chi connectivity index (χ0) is 24.7. The number of pyridine rings is 1. The molecule has 1 N–H and O–H groups in total. The number of carbonyl (C=O) groups excluding carboxylic acids is 1. The van der Waals surface area contributed by atoms with Crippen molar-refractivity contribution in [2.45, 2.75) is 13.8 Å². The largest absolute Gasteiger partial charge is 0.298 e. The summed E-state index contributed by atoms with van der Waals surface area (Å²) in [6, 6.07) is 20.9. The van der Waals surface area contributed by atoms with E-state index in [0.29, 0.717) is 20.7 Å². The molecule has 3 aromatic carbocycles. The lowest BCUT2D eigenvalue weighted by atomic mass is 10.0. The number of nitrogens with one attached hydrogen (secondary N) is 1. The standard InChI is InChI=1S/C27H18BrCl2N3OS/c1-14-4-3-5-16(10-14)24-13-21(20-11-17(28)6-9-23(20)31-24)26(34)33-27-32-25(15(2)35-27)19-8-7-18(29)12-22(19)30/h3-13H,1-2H3,(H,32,33,34). The highest BCUT2D eigenvalue weighted by Gasteiger charge is 2.18. The zero-order valence-corrected chi connectivity index (χ0v) is 22.6. The molecule has 0 aliphatic carbocycles. The molecule has 0 fully saturated rings. The lowest BCUT2D eigenvalue weighted by molar-refractivity contribution is 0.102. The van der Waals surface area contributed by atoms with E-state index in [2.05, 4.69) is 32.3 Å². The Labute approximate surface area is 225 Å². The molecule has 0 unspecified atom stereocenters. The van der Waals surface area contributed by atoms with Crippen molar-refractivity contribution >= 4 is 72.4 Å².